The number of hydrogen-bond acceptors (Lipinski definition) is 5. The molecule has 2 aromatic carbocycles. The van der Waals surface area contributed by atoms with E-state index in [9.17, 15) is 18.0 Å². The molecule has 2 amide bonds. The lowest BCUT2D eigenvalue weighted by Crippen LogP contribution is -2.33. The third-order valence-electron chi connectivity index (χ3n) is 3.68. The lowest BCUT2D eigenvalue weighted by molar-refractivity contribution is -0.118. The van der Waals surface area contributed by atoms with Gasteiger partial charge in [0.2, 0.25) is 5.91 Å². The van der Waals surface area contributed by atoms with Crippen LogP contribution in [0.4, 0.5) is 11.4 Å². The topological polar surface area (TPSA) is 130 Å². The molecule has 0 aromatic heterocycles. The summed E-state index contributed by atoms with van der Waals surface area (Å²) in [6, 6.07) is 10.9. The zero-order valence-corrected chi connectivity index (χ0v) is 15.9. The second kappa shape index (κ2) is 8.54. The standard InChI is InChI=1S/C18H22N4O4S/c1-12-5-3-4-6-17(12)22-27(25,26)16-10-14(9-15(19)11-16)18(24)21-8-7-20-13(2)23/h3-6,9-11,22H,7-8,19H2,1-2H3,(H,20,23)(H,21,24). The van der Waals surface area contributed by atoms with Crippen LogP contribution in [0.1, 0.15) is 22.8 Å². The first-order valence-electron chi connectivity index (χ1n) is 8.21. The smallest absolute Gasteiger partial charge is 0.262 e. The Balaban J connectivity index is 2.19. The summed E-state index contributed by atoms with van der Waals surface area (Å²) in [5, 5.41) is 5.14. The summed E-state index contributed by atoms with van der Waals surface area (Å²) in [7, 11) is -3.92. The average molecular weight is 390 g/mol. The van der Waals surface area contributed by atoms with Crippen molar-refractivity contribution in [1.29, 1.82) is 0 Å². The number of aryl methyl sites for hydroxylation is 1. The van der Waals surface area contributed by atoms with Gasteiger partial charge in [0, 0.05) is 31.3 Å². The molecule has 0 bridgehead atoms. The fourth-order valence-electron chi connectivity index (χ4n) is 2.32. The van der Waals surface area contributed by atoms with Gasteiger partial charge in [-0.3, -0.25) is 14.3 Å². The summed E-state index contributed by atoms with van der Waals surface area (Å²) >= 11 is 0. The maximum Gasteiger partial charge on any atom is 0.262 e. The van der Waals surface area contributed by atoms with Crippen molar-refractivity contribution >= 4 is 33.2 Å². The van der Waals surface area contributed by atoms with Crippen LogP contribution < -0.4 is 21.1 Å². The van der Waals surface area contributed by atoms with Gasteiger partial charge in [0.05, 0.1) is 10.6 Å². The largest absolute Gasteiger partial charge is 0.399 e. The molecule has 27 heavy (non-hydrogen) atoms. The zero-order valence-electron chi connectivity index (χ0n) is 15.1. The molecule has 0 spiro atoms. The Morgan fingerprint density at radius 2 is 1.70 bits per heavy atom. The lowest BCUT2D eigenvalue weighted by Gasteiger charge is -2.12. The van der Waals surface area contributed by atoms with Crippen molar-refractivity contribution in [1.82, 2.24) is 10.6 Å². The van der Waals surface area contributed by atoms with Gasteiger partial charge in [-0.1, -0.05) is 18.2 Å². The Morgan fingerprint density at radius 1 is 1.04 bits per heavy atom. The predicted molar refractivity (Wildman–Crippen MR) is 104 cm³/mol. The number of amides is 2. The normalized spacial score (nSPS) is 10.9. The summed E-state index contributed by atoms with van der Waals surface area (Å²) in [6.45, 7) is 3.63. The van der Waals surface area contributed by atoms with Crippen molar-refractivity contribution in [3.05, 3.63) is 53.6 Å². The highest BCUT2D eigenvalue weighted by molar-refractivity contribution is 7.92. The molecule has 0 unspecified atom stereocenters. The first-order chi connectivity index (χ1) is 12.7. The van der Waals surface area contributed by atoms with Crippen LogP contribution in [-0.4, -0.2) is 33.3 Å². The van der Waals surface area contributed by atoms with Crippen LogP contribution in [0.2, 0.25) is 0 Å². The molecule has 0 heterocycles. The van der Waals surface area contributed by atoms with E-state index in [4.69, 9.17) is 5.73 Å². The fraction of sp³-hybridized carbons (Fsp3) is 0.222. The van der Waals surface area contributed by atoms with Gasteiger partial charge in [0.1, 0.15) is 0 Å². The summed E-state index contributed by atoms with van der Waals surface area (Å²) < 4.78 is 27.8. The van der Waals surface area contributed by atoms with E-state index < -0.39 is 15.9 Å². The molecule has 9 heteroatoms. The Bertz CT molecular complexity index is 958. The van der Waals surface area contributed by atoms with Gasteiger partial charge < -0.3 is 16.4 Å². The van der Waals surface area contributed by atoms with Crippen molar-refractivity contribution in [2.24, 2.45) is 0 Å². The van der Waals surface area contributed by atoms with Crippen molar-refractivity contribution in [2.45, 2.75) is 18.7 Å². The summed E-state index contributed by atoms with van der Waals surface area (Å²) in [5.41, 5.74) is 7.25. The molecule has 5 N–H and O–H groups in total. The van der Waals surface area contributed by atoms with Crippen molar-refractivity contribution in [2.75, 3.05) is 23.5 Å². The molecule has 0 aliphatic heterocycles. The number of nitrogens with two attached hydrogens (primary N) is 1. The second-order valence-corrected chi connectivity index (χ2v) is 7.63. The van der Waals surface area contributed by atoms with Crippen molar-refractivity contribution in [3.8, 4) is 0 Å². The molecule has 0 atom stereocenters. The number of rotatable bonds is 7. The van der Waals surface area contributed by atoms with Crippen LogP contribution in [0.25, 0.3) is 0 Å². The summed E-state index contributed by atoms with van der Waals surface area (Å²) in [5.74, 6) is -0.691. The average Bonchev–Trinajstić information content (AvgIpc) is 2.59. The van der Waals surface area contributed by atoms with Crippen LogP contribution in [-0.2, 0) is 14.8 Å². The molecule has 144 valence electrons. The molecular weight excluding hydrogens is 368 g/mol. The maximum absolute atomic E-state index is 12.7. The minimum atomic E-state index is -3.92. The SMILES string of the molecule is CC(=O)NCCNC(=O)c1cc(N)cc(S(=O)(=O)Nc2ccccc2C)c1. The number of anilines is 2. The van der Waals surface area contributed by atoms with Crippen LogP contribution in [0.3, 0.4) is 0 Å². The molecule has 0 radical (unpaired) electrons. The fourth-order valence-corrected chi connectivity index (χ4v) is 3.53. The van der Waals surface area contributed by atoms with E-state index in [0.717, 1.165) is 5.56 Å². The first-order valence-corrected chi connectivity index (χ1v) is 9.69. The van der Waals surface area contributed by atoms with Crippen molar-refractivity contribution in [3.63, 3.8) is 0 Å². The molecule has 0 aliphatic rings. The zero-order chi connectivity index (χ0) is 20.0. The minimum absolute atomic E-state index is 0.113. The van der Waals surface area contributed by atoms with E-state index in [1.807, 2.05) is 0 Å². The van der Waals surface area contributed by atoms with Crippen LogP contribution >= 0.6 is 0 Å². The Hall–Kier alpha value is -3.07. The number of sulfonamides is 1. The monoisotopic (exact) mass is 390 g/mol. The summed E-state index contributed by atoms with van der Waals surface area (Å²) in [6.07, 6.45) is 0. The van der Waals surface area contributed by atoms with E-state index >= 15 is 0 Å². The van der Waals surface area contributed by atoms with E-state index in [-0.39, 0.29) is 35.1 Å². The molecule has 0 fully saturated rings. The molecular formula is C18H22N4O4S. The van der Waals surface area contributed by atoms with Crippen molar-refractivity contribution < 1.29 is 18.0 Å². The third-order valence-corrected chi connectivity index (χ3v) is 5.02. The van der Waals surface area contributed by atoms with Gasteiger partial charge in [-0.05, 0) is 36.8 Å². The van der Waals surface area contributed by atoms with E-state index in [1.165, 1.54) is 25.1 Å². The Kier molecular flexibility index (Phi) is 6.40. The highest BCUT2D eigenvalue weighted by Crippen LogP contribution is 2.22. The molecule has 0 saturated heterocycles. The lowest BCUT2D eigenvalue weighted by atomic mass is 10.2. The number of carbonyl (C=O) groups excluding carboxylic acids is 2. The number of nitrogen functional groups attached to an aromatic ring is 1. The highest BCUT2D eigenvalue weighted by atomic mass is 32.2. The highest BCUT2D eigenvalue weighted by Gasteiger charge is 2.18. The van der Waals surface area contributed by atoms with E-state index in [0.29, 0.717) is 5.69 Å². The second-order valence-electron chi connectivity index (χ2n) is 5.95. The molecule has 2 aromatic rings. The van der Waals surface area contributed by atoms with Gasteiger partial charge in [0.15, 0.2) is 0 Å². The summed E-state index contributed by atoms with van der Waals surface area (Å²) in [4.78, 5) is 22.9. The van der Waals surface area contributed by atoms with Crippen LogP contribution in [0, 0.1) is 6.92 Å². The number of carbonyl (C=O) groups is 2. The van der Waals surface area contributed by atoms with Gasteiger partial charge in [-0.2, -0.15) is 0 Å². The number of para-hydroxylation sites is 1. The first kappa shape index (κ1) is 20.2. The Morgan fingerprint density at radius 3 is 2.37 bits per heavy atom. The maximum atomic E-state index is 12.7. The van der Waals surface area contributed by atoms with E-state index in [2.05, 4.69) is 15.4 Å². The number of nitrogens with one attached hydrogen (secondary N) is 3. The quantitative estimate of drug-likeness (QED) is 0.417. The number of hydrogen-bond donors (Lipinski definition) is 4. The van der Waals surface area contributed by atoms with Crippen LogP contribution in [0.5, 0.6) is 0 Å². The van der Waals surface area contributed by atoms with Gasteiger partial charge in [-0.25, -0.2) is 8.42 Å². The predicted octanol–water partition coefficient (Wildman–Crippen LogP) is 1.24. The molecule has 0 aliphatic carbocycles. The molecule has 0 saturated carbocycles. The molecule has 8 nitrogen and oxygen atoms in total. The van der Waals surface area contributed by atoms with Gasteiger partial charge >= 0.3 is 0 Å². The van der Waals surface area contributed by atoms with Crippen LogP contribution in [0.15, 0.2) is 47.4 Å². The van der Waals surface area contributed by atoms with Gasteiger partial charge in [0.25, 0.3) is 15.9 Å². The Labute approximate surface area is 158 Å². The van der Waals surface area contributed by atoms with Gasteiger partial charge in [-0.15, -0.1) is 0 Å². The number of benzene rings is 2. The van der Waals surface area contributed by atoms with E-state index in [1.54, 1.807) is 31.2 Å². The molecule has 2 rings (SSSR count). The minimum Gasteiger partial charge on any atom is -0.399 e. The third kappa shape index (κ3) is 5.71.